The van der Waals surface area contributed by atoms with Crippen molar-refractivity contribution in [3.05, 3.63) is 58.1 Å². The lowest BCUT2D eigenvalue weighted by atomic mass is 9.95. The molecular formula is C27H35BrN2O4. The van der Waals surface area contributed by atoms with Gasteiger partial charge < -0.3 is 19.7 Å². The summed E-state index contributed by atoms with van der Waals surface area (Å²) in [5.74, 6) is 0.985. The van der Waals surface area contributed by atoms with Crippen molar-refractivity contribution in [2.45, 2.75) is 71.0 Å². The van der Waals surface area contributed by atoms with Gasteiger partial charge in [0.1, 0.15) is 17.5 Å². The lowest BCUT2D eigenvalue weighted by Gasteiger charge is -2.31. The van der Waals surface area contributed by atoms with Crippen molar-refractivity contribution in [1.29, 1.82) is 0 Å². The third kappa shape index (κ3) is 7.23. The van der Waals surface area contributed by atoms with Crippen LogP contribution in [-0.2, 0) is 22.6 Å². The monoisotopic (exact) mass is 530 g/mol. The SMILES string of the molecule is CCc1ccc(OCC(=O)N(Cc2ccc(OC)cc2)[C@H](C)C(=O)NC2CCCCC2)c(Br)c1. The fourth-order valence-electron chi connectivity index (χ4n) is 4.18. The fourth-order valence-corrected chi connectivity index (χ4v) is 4.72. The number of carbonyl (C=O) groups excluding carboxylic acids is 2. The molecule has 1 atom stereocenters. The van der Waals surface area contributed by atoms with Crippen LogP contribution < -0.4 is 14.8 Å². The number of nitrogens with zero attached hydrogens (tertiary/aromatic N) is 1. The van der Waals surface area contributed by atoms with Crippen molar-refractivity contribution in [3.63, 3.8) is 0 Å². The van der Waals surface area contributed by atoms with Crippen molar-refractivity contribution < 1.29 is 19.1 Å². The van der Waals surface area contributed by atoms with Crippen molar-refractivity contribution >= 4 is 27.7 Å². The Hall–Kier alpha value is -2.54. The van der Waals surface area contributed by atoms with Gasteiger partial charge in [-0.15, -0.1) is 0 Å². The highest BCUT2D eigenvalue weighted by atomic mass is 79.9. The Morgan fingerprint density at radius 3 is 2.38 bits per heavy atom. The standard InChI is InChI=1S/C27H35BrN2O4/c1-4-20-12-15-25(24(28)16-20)34-18-26(31)30(17-21-10-13-23(33-3)14-11-21)19(2)27(32)29-22-8-6-5-7-9-22/h10-16,19,22H,4-9,17-18H2,1-3H3,(H,29,32)/t19-/m1/s1. The maximum absolute atomic E-state index is 13.3. The molecule has 3 rings (SSSR count). The number of rotatable bonds is 10. The van der Waals surface area contributed by atoms with E-state index in [0.29, 0.717) is 12.3 Å². The van der Waals surface area contributed by atoms with Gasteiger partial charge in [0, 0.05) is 12.6 Å². The first kappa shape index (κ1) is 26.1. The third-order valence-corrected chi connectivity index (χ3v) is 7.01. The number of ether oxygens (including phenoxy) is 2. The van der Waals surface area contributed by atoms with E-state index in [1.165, 1.54) is 12.0 Å². The predicted molar refractivity (Wildman–Crippen MR) is 137 cm³/mol. The molecule has 2 amide bonds. The van der Waals surface area contributed by atoms with Crippen LogP contribution in [0.25, 0.3) is 0 Å². The largest absolute Gasteiger partial charge is 0.497 e. The molecule has 184 valence electrons. The van der Waals surface area contributed by atoms with Crippen molar-refractivity contribution in [2.24, 2.45) is 0 Å². The van der Waals surface area contributed by atoms with E-state index in [1.807, 2.05) is 42.5 Å². The first-order chi connectivity index (χ1) is 16.4. The Labute approximate surface area is 211 Å². The molecule has 6 nitrogen and oxygen atoms in total. The van der Waals surface area contributed by atoms with Crippen LogP contribution in [0.15, 0.2) is 46.9 Å². The summed E-state index contributed by atoms with van der Waals surface area (Å²) in [6.07, 6.45) is 6.39. The number of amides is 2. The molecule has 0 aliphatic heterocycles. The lowest BCUT2D eigenvalue weighted by molar-refractivity contribution is -0.142. The fraction of sp³-hybridized carbons (Fsp3) is 0.481. The maximum Gasteiger partial charge on any atom is 0.261 e. The van der Waals surface area contributed by atoms with Gasteiger partial charge in [-0.25, -0.2) is 0 Å². The van der Waals surface area contributed by atoms with Crippen LogP contribution in [0.3, 0.4) is 0 Å². The molecule has 2 aromatic carbocycles. The Bertz CT molecular complexity index is 958. The number of methoxy groups -OCH3 is 1. The Morgan fingerprint density at radius 2 is 1.76 bits per heavy atom. The highest BCUT2D eigenvalue weighted by Crippen LogP contribution is 2.26. The summed E-state index contributed by atoms with van der Waals surface area (Å²) in [5, 5.41) is 3.15. The molecule has 0 bridgehead atoms. The second-order valence-electron chi connectivity index (χ2n) is 8.80. The molecule has 0 aromatic heterocycles. The van der Waals surface area contributed by atoms with E-state index >= 15 is 0 Å². The molecule has 0 radical (unpaired) electrons. The highest BCUT2D eigenvalue weighted by molar-refractivity contribution is 9.10. The summed E-state index contributed by atoms with van der Waals surface area (Å²) < 4.78 is 11.9. The van der Waals surface area contributed by atoms with E-state index in [-0.39, 0.29) is 24.5 Å². The van der Waals surface area contributed by atoms with Gasteiger partial charge >= 0.3 is 0 Å². The summed E-state index contributed by atoms with van der Waals surface area (Å²) in [4.78, 5) is 28.0. The number of hydrogen-bond acceptors (Lipinski definition) is 4. The number of aryl methyl sites for hydroxylation is 1. The molecule has 0 spiro atoms. The van der Waals surface area contributed by atoms with E-state index in [2.05, 4.69) is 28.2 Å². The minimum atomic E-state index is -0.619. The normalized spacial score (nSPS) is 14.8. The molecule has 7 heteroatoms. The first-order valence-corrected chi connectivity index (χ1v) is 12.8. The number of halogens is 1. The van der Waals surface area contributed by atoms with E-state index < -0.39 is 6.04 Å². The van der Waals surface area contributed by atoms with Gasteiger partial charge in [0.05, 0.1) is 11.6 Å². The number of nitrogens with one attached hydrogen (secondary N) is 1. The quantitative estimate of drug-likeness (QED) is 0.454. The van der Waals surface area contributed by atoms with Crippen molar-refractivity contribution in [2.75, 3.05) is 13.7 Å². The Morgan fingerprint density at radius 1 is 1.09 bits per heavy atom. The van der Waals surface area contributed by atoms with Crippen molar-refractivity contribution in [1.82, 2.24) is 10.2 Å². The summed E-state index contributed by atoms with van der Waals surface area (Å²) in [6, 6.07) is 12.9. The van der Waals surface area contributed by atoms with Gasteiger partial charge in [0.2, 0.25) is 5.91 Å². The average Bonchev–Trinajstić information content (AvgIpc) is 2.86. The average molecular weight is 531 g/mol. The molecular weight excluding hydrogens is 496 g/mol. The minimum absolute atomic E-state index is 0.123. The van der Waals surface area contributed by atoms with Gasteiger partial charge in [-0.2, -0.15) is 0 Å². The third-order valence-electron chi connectivity index (χ3n) is 6.39. The summed E-state index contributed by atoms with van der Waals surface area (Å²) >= 11 is 3.52. The van der Waals surface area contributed by atoms with Gasteiger partial charge in [-0.3, -0.25) is 9.59 Å². The van der Waals surface area contributed by atoms with E-state index in [1.54, 1.807) is 18.9 Å². The summed E-state index contributed by atoms with van der Waals surface area (Å²) in [5.41, 5.74) is 2.10. The molecule has 1 N–H and O–H groups in total. The first-order valence-electron chi connectivity index (χ1n) is 12.0. The maximum atomic E-state index is 13.3. The highest BCUT2D eigenvalue weighted by Gasteiger charge is 2.28. The Balaban J connectivity index is 1.72. The van der Waals surface area contributed by atoms with Crippen LogP contribution in [0.1, 0.15) is 57.1 Å². The van der Waals surface area contributed by atoms with Crippen molar-refractivity contribution in [3.8, 4) is 11.5 Å². The zero-order valence-electron chi connectivity index (χ0n) is 20.3. The molecule has 2 aromatic rings. The second kappa shape index (κ2) is 12.8. The molecule has 0 heterocycles. The van der Waals surface area contributed by atoms with Crippen LogP contribution >= 0.6 is 15.9 Å². The van der Waals surface area contributed by atoms with Gasteiger partial charge in [-0.05, 0) is 77.5 Å². The summed E-state index contributed by atoms with van der Waals surface area (Å²) in [6.45, 7) is 4.02. The Kier molecular flexibility index (Phi) is 9.81. The zero-order chi connectivity index (χ0) is 24.5. The molecule has 1 saturated carbocycles. The summed E-state index contributed by atoms with van der Waals surface area (Å²) in [7, 11) is 1.62. The molecule has 1 aliphatic carbocycles. The molecule has 34 heavy (non-hydrogen) atoms. The molecule has 1 fully saturated rings. The van der Waals surface area contributed by atoms with Crippen LogP contribution in [0, 0.1) is 0 Å². The van der Waals surface area contributed by atoms with Gasteiger partial charge in [-0.1, -0.05) is 44.4 Å². The second-order valence-corrected chi connectivity index (χ2v) is 9.65. The zero-order valence-corrected chi connectivity index (χ0v) is 21.9. The lowest BCUT2D eigenvalue weighted by Crippen LogP contribution is -2.51. The number of hydrogen-bond donors (Lipinski definition) is 1. The minimum Gasteiger partial charge on any atom is -0.497 e. The topological polar surface area (TPSA) is 67.9 Å². The van der Waals surface area contributed by atoms with Crippen LogP contribution in [0.4, 0.5) is 0 Å². The molecule has 1 aliphatic rings. The van der Waals surface area contributed by atoms with Crippen LogP contribution in [0.2, 0.25) is 0 Å². The van der Waals surface area contributed by atoms with E-state index in [4.69, 9.17) is 9.47 Å². The van der Waals surface area contributed by atoms with Crippen LogP contribution in [-0.4, -0.2) is 42.5 Å². The molecule has 0 unspecified atom stereocenters. The van der Waals surface area contributed by atoms with Crippen LogP contribution in [0.5, 0.6) is 11.5 Å². The molecule has 0 saturated heterocycles. The van der Waals surface area contributed by atoms with Gasteiger partial charge in [0.25, 0.3) is 5.91 Å². The predicted octanol–water partition coefficient (Wildman–Crippen LogP) is 5.27. The smallest absolute Gasteiger partial charge is 0.261 e. The number of carbonyl (C=O) groups is 2. The van der Waals surface area contributed by atoms with Gasteiger partial charge in [0.15, 0.2) is 6.61 Å². The van der Waals surface area contributed by atoms with E-state index in [0.717, 1.165) is 47.9 Å². The van der Waals surface area contributed by atoms with E-state index in [9.17, 15) is 9.59 Å². The number of benzene rings is 2.